The van der Waals surface area contributed by atoms with Gasteiger partial charge in [-0.25, -0.2) is 0 Å². The van der Waals surface area contributed by atoms with Crippen molar-refractivity contribution in [2.45, 2.75) is 19.4 Å². The van der Waals surface area contributed by atoms with E-state index in [9.17, 15) is 0 Å². The van der Waals surface area contributed by atoms with Gasteiger partial charge in [-0.3, -0.25) is 4.90 Å². The number of hydrogen-bond acceptors (Lipinski definition) is 3. The van der Waals surface area contributed by atoms with Crippen LogP contribution in [-0.4, -0.2) is 43.8 Å². The molecule has 0 saturated carbocycles. The zero-order valence-electron chi connectivity index (χ0n) is 8.91. The summed E-state index contributed by atoms with van der Waals surface area (Å²) in [6.07, 6.45) is 5.67. The van der Waals surface area contributed by atoms with Crippen molar-refractivity contribution in [2.24, 2.45) is 11.1 Å². The Kier molecular flexibility index (Phi) is 2.91. The highest BCUT2D eigenvalue weighted by molar-refractivity contribution is 4.96. The van der Waals surface area contributed by atoms with Crippen LogP contribution in [0.1, 0.15) is 13.3 Å². The van der Waals surface area contributed by atoms with Gasteiger partial charge >= 0.3 is 0 Å². The van der Waals surface area contributed by atoms with Crippen LogP contribution in [0, 0.1) is 5.41 Å². The highest BCUT2D eigenvalue weighted by Gasteiger charge is 2.38. The van der Waals surface area contributed by atoms with Crippen LogP contribution >= 0.6 is 0 Å². The summed E-state index contributed by atoms with van der Waals surface area (Å²) in [5, 5.41) is 0. The first-order chi connectivity index (χ1) is 6.71. The quantitative estimate of drug-likeness (QED) is 0.658. The molecule has 2 N–H and O–H groups in total. The van der Waals surface area contributed by atoms with Crippen molar-refractivity contribution in [1.82, 2.24) is 4.90 Å². The Balaban J connectivity index is 1.92. The summed E-state index contributed by atoms with van der Waals surface area (Å²) in [6, 6.07) is 0.202. The molecule has 2 atom stereocenters. The van der Waals surface area contributed by atoms with Gasteiger partial charge in [0, 0.05) is 31.1 Å². The molecule has 2 unspecified atom stereocenters. The lowest BCUT2D eigenvalue weighted by Crippen LogP contribution is -2.47. The van der Waals surface area contributed by atoms with Gasteiger partial charge in [-0.05, 0) is 6.42 Å². The minimum atomic E-state index is 0.158. The first kappa shape index (κ1) is 10.1. The van der Waals surface area contributed by atoms with Crippen LogP contribution in [0.2, 0.25) is 0 Å². The Morgan fingerprint density at radius 2 is 2.43 bits per heavy atom. The van der Waals surface area contributed by atoms with Crippen LogP contribution < -0.4 is 5.73 Å². The molecular formula is C11H20N2O. The molecular weight excluding hydrogens is 176 g/mol. The molecule has 0 aromatic heterocycles. The number of rotatable bonds is 2. The van der Waals surface area contributed by atoms with E-state index in [1.165, 1.54) is 13.0 Å². The molecule has 0 bridgehead atoms. The minimum absolute atomic E-state index is 0.158. The van der Waals surface area contributed by atoms with Crippen molar-refractivity contribution in [3.63, 3.8) is 0 Å². The fraction of sp³-hybridized carbons (Fsp3) is 0.818. The van der Waals surface area contributed by atoms with Crippen molar-refractivity contribution in [3.8, 4) is 0 Å². The third-order valence-electron chi connectivity index (χ3n) is 3.35. The smallest absolute Gasteiger partial charge is 0.0624 e. The molecule has 80 valence electrons. The predicted molar refractivity (Wildman–Crippen MR) is 57.1 cm³/mol. The summed E-state index contributed by atoms with van der Waals surface area (Å²) in [6.45, 7) is 7.08. The van der Waals surface area contributed by atoms with E-state index in [4.69, 9.17) is 10.5 Å². The Labute approximate surface area is 85.9 Å². The second-order valence-corrected chi connectivity index (χ2v) is 4.77. The number of hydrogen-bond donors (Lipinski definition) is 1. The van der Waals surface area contributed by atoms with Gasteiger partial charge in [-0.2, -0.15) is 0 Å². The Hall–Kier alpha value is -0.380. The van der Waals surface area contributed by atoms with Crippen molar-refractivity contribution < 1.29 is 4.74 Å². The van der Waals surface area contributed by atoms with Gasteiger partial charge in [-0.15, -0.1) is 0 Å². The standard InChI is InChI=1S/C11H20N2O/c1-11(9-14-7-10(11)12)8-13-5-3-2-4-6-13/h2-3,10H,4-9,12H2,1H3. The molecule has 0 aliphatic carbocycles. The van der Waals surface area contributed by atoms with Gasteiger partial charge in [-0.1, -0.05) is 19.1 Å². The van der Waals surface area contributed by atoms with Crippen LogP contribution in [0.25, 0.3) is 0 Å². The molecule has 3 heteroatoms. The molecule has 0 radical (unpaired) electrons. The fourth-order valence-corrected chi connectivity index (χ4v) is 2.23. The highest BCUT2D eigenvalue weighted by atomic mass is 16.5. The van der Waals surface area contributed by atoms with E-state index in [1.54, 1.807) is 0 Å². The second kappa shape index (κ2) is 4.01. The third-order valence-corrected chi connectivity index (χ3v) is 3.35. The molecule has 0 aromatic rings. The van der Waals surface area contributed by atoms with Crippen molar-refractivity contribution in [2.75, 3.05) is 32.8 Å². The first-order valence-corrected chi connectivity index (χ1v) is 5.41. The number of ether oxygens (including phenoxy) is 1. The molecule has 0 spiro atoms. The molecule has 2 aliphatic rings. The van der Waals surface area contributed by atoms with Crippen LogP contribution in [-0.2, 0) is 4.74 Å². The van der Waals surface area contributed by atoms with Gasteiger partial charge < -0.3 is 10.5 Å². The molecule has 2 aliphatic heterocycles. The third kappa shape index (κ3) is 2.00. The SMILES string of the molecule is CC1(CN2CC=CCC2)COCC1N. The number of nitrogens with two attached hydrogens (primary N) is 1. The topological polar surface area (TPSA) is 38.5 Å². The average Bonchev–Trinajstić information content (AvgIpc) is 2.48. The lowest BCUT2D eigenvalue weighted by atomic mass is 9.85. The van der Waals surface area contributed by atoms with Crippen LogP contribution in [0.5, 0.6) is 0 Å². The van der Waals surface area contributed by atoms with Crippen molar-refractivity contribution in [1.29, 1.82) is 0 Å². The zero-order chi connectivity index (χ0) is 10.0. The van der Waals surface area contributed by atoms with E-state index in [0.717, 1.165) is 26.3 Å². The van der Waals surface area contributed by atoms with Gasteiger partial charge in [0.05, 0.1) is 13.2 Å². The van der Waals surface area contributed by atoms with E-state index in [-0.39, 0.29) is 11.5 Å². The summed E-state index contributed by atoms with van der Waals surface area (Å²) in [4.78, 5) is 2.47. The van der Waals surface area contributed by atoms with Crippen molar-refractivity contribution in [3.05, 3.63) is 12.2 Å². The normalized spacial score (nSPS) is 39.1. The fourth-order valence-electron chi connectivity index (χ4n) is 2.23. The highest BCUT2D eigenvalue weighted by Crippen LogP contribution is 2.28. The van der Waals surface area contributed by atoms with Gasteiger partial charge in [0.1, 0.15) is 0 Å². The molecule has 1 saturated heterocycles. The maximum Gasteiger partial charge on any atom is 0.0624 e. The van der Waals surface area contributed by atoms with Crippen LogP contribution in [0.15, 0.2) is 12.2 Å². The van der Waals surface area contributed by atoms with Crippen molar-refractivity contribution >= 4 is 0 Å². The van der Waals surface area contributed by atoms with E-state index < -0.39 is 0 Å². The largest absolute Gasteiger partial charge is 0.379 e. The molecule has 0 aromatic carbocycles. The van der Waals surface area contributed by atoms with Crippen LogP contribution in [0.3, 0.4) is 0 Å². The Bertz CT molecular complexity index is 229. The summed E-state index contributed by atoms with van der Waals surface area (Å²) < 4.78 is 5.44. The summed E-state index contributed by atoms with van der Waals surface area (Å²) in [5.74, 6) is 0. The minimum Gasteiger partial charge on any atom is -0.379 e. The monoisotopic (exact) mass is 196 g/mol. The predicted octanol–water partition coefficient (Wildman–Crippen LogP) is 0.612. The molecule has 1 fully saturated rings. The number of nitrogens with zero attached hydrogens (tertiary/aromatic N) is 1. The molecule has 3 nitrogen and oxygen atoms in total. The Morgan fingerprint density at radius 1 is 1.57 bits per heavy atom. The maximum atomic E-state index is 6.06. The molecule has 0 amide bonds. The summed E-state index contributed by atoms with van der Waals surface area (Å²) in [7, 11) is 0. The second-order valence-electron chi connectivity index (χ2n) is 4.77. The van der Waals surface area contributed by atoms with E-state index in [0.29, 0.717) is 0 Å². The average molecular weight is 196 g/mol. The maximum absolute atomic E-state index is 6.06. The summed E-state index contributed by atoms with van der Waals surface area (Å²) >= 11 is 0. The van der Waals surface area contributed by atoms with E-state index in [2.05, 4.69) is 24.0 Å². The molecule has 14 heavy (non-hydrogen) atoms. The van der Waals surface area contributed by atoms with Crippen LogP contribution in [0.4, 0.5) is 0 Å². The van der Waals surface area contributed by atoms with Gasteiger partial charge in [0.25, 0.3) is 0 Å². The molecule has 2 heterocycles. The van der Waals surface area contributed by atoms with Gasteiger partial charge in [0.2, 0.25) is 0 Å². The Morgan fingerprint density at radius 3 is 3.00 bits per heavy atom. The first-order valence-electron chi connectivity index (χ1n) is 5.41. The zero-order valence-corrected chi connectivity index (χ0v) is 8.91. The lowest BCUT2D eigenvalue weighted by Gasteiger charge is -2.34. The van der Waals surface area contributed by atoms with E-state index >= 15 is 0 Å². The lowest BCUT2D eigenvalue weighted by molar-refractivity contribution is 0.123. The van der Waals surface area contributed by atoms with Gasteiger partial charge in [0.15, 0.2) is 0 Å². The molecule has 2 rings (SSSR count). The van der Waals surface area contributed by atoms with E-state index in [1.807, 2.05) is 0 Å². The summed E-state index contributed by atoms with van der Waals surface area (Å²) in [5.41, 5.74) is 6.22.